The number of ether oxygens (including phenoxy) is 2. The number of rotatable bonds is 1. The summed E-state index contributed by atoms with van der Waals surface area (Å²) in [5.74, 6) is 0. The largest absolute Gasteiger partial charge is 0.509 e. The first-order chi connectivity index (χ1) is 6.59. The highest BCUT2D eigenvalue weighted by Gasteiger charge is 2.44. The molecular formula is C11H12O3. The normalized spacial score (nSPS) is 24.1. The number of hydrogen-bond donors (Lipinski definition) is 0. The number of cyclic esters (lactones) is 2. The van der Waals surface area contributed by atoms with Crippen molar-refractivity contribution < 1.29 is 14.3 Å². The predicted octanol–water partition coefficient (Wildman–Crippen LogP) is 2.67. The summed E-state index contributed by atoms with van der Waals surface area (Å²) in [5, 5.41) is 0. The molecule has 1 atom stereocenters. The van der Waals surface area contributed by atoms with Gasteiger partial charge in [0.2, 0.25) is 0 Å². The van der Waals surface area contributed by atoms with Crippen LogP contribution in [0.2, 0.25) is 0 Å². The summed E-state index contributed by atoms with van der Waals surface area (Å²) in [6.07, 6.45) is -0.903. The van der Waals surface area contributed by atoms with Gasteiger partial charge >= 0.3 is 6.16 Å². The molecule has 3 nitrogen and oxygen atoms in total. The summed E-state index contributed by atoms with van der Waals surface area (Å²) in [4.78, 5) is 11.0. The zero-order valence-electron chi connectivity index (χ0n) is 8.19. The van der Waals surface area contributed by atoms with Crippen LogP contribution in [0, 0.1) is 0 Å². The van der Waals surface area contributed by atoms with Gasteiger partial charge in [-0.25, -0.2) is 4.79 Å². The highest BCUT2D eigenvalue weighted by molar-refractivity contribution is 5.63. The lowest BCUT2D eigenvalue weighted by atomic mass is 9.95. The second kappa shape index (κ2) is 3.01. The fraction of sp³-hybridized carbons (Fsp3) is 0.364. The van der Waals surface area contributed by atoms with Gasteiger partial charge in [0.15, 0.2) is 11.7 Å². The summed E-state index contributed by atoms with van der Waals surface area (Å²) in [5.41, 5.74) is 0.377. The van der Waals surface area contributed by atoms with E-state index in [1.165, 1.54) is 0 Å². The Labute approximate surface area is 82.6 Å². The predicted molar refractivity (Wildman–Crippen MR) is 50.8 cm³/mol. The SMILES string of the molecule is CC1(C)OC(=O)OC1c1ccccc1. The number of hydrogen-bond acceptors (Lipinski definition) is 3. The van der Waals surface area contributed by atoms with Crippen molar-refractivity contribution >= 4 is 6.16 Å². The molecule has 0 radical (unpaired) electrons. The third kappa shape index (κ3) is 1.45. The molecule has 0 N–H and O–H groups in total. The van der Waals surface area contributed by atoms with Crippen molar-refractivity contribution in [3.8, 4) is 0 Å². The van der Waals surface area contributed by atoms with Crippen molar-refractivity contribution in [2.24, 2.45) is 0 Å². The van der Waals surface area contributed by atoms with Gasteiger partial charge in [0.25, 0.3) is 0 Å². The van der Waals surface area contributed by atoms with Crippen LogP contribution in [0.15, 0.2) is 30.3 Å². The van der Waals surface area contributed by atoms with Crippen molar-refractivity contribution in [3.63, 3.8) is 0 Å². The molecule has 1 aromatic rings. The van der Waals surface area contributed by atoms with Gasteiger partial charge < -0.3 is 9.47 Å². The van der Waals surface area contributed by atoms with E-state index in [1.54, 1.807) is 0 Å². The first-order valence-electron chi connectivity index (χ1n) is 4.54. The number of carbonyl (C=O) groups excluding carboxylic acids is 1. The lowest BCUT2D eigenvalue weighted by molar-refractivity contribution is 0.0642. The fourth-order valence-corrected chi connectivity index (χ4v) is 1.63. The van der Waals surface area contributed by atoms with Crippen molar-refractivity contribution in [2.45, 2.75) is 25.6 Å². The molecule has 0 spiro atoms. The van der Waals surface area contributed by atoms with E-state index < -0.39 is 11.8 Å². The summed E-state index contributed by atoms with van der Waals surface area (Å²) in [7, 11) is 0. The Balaban J connectivity index is 2.32. The van der Waals surface area contributed by atoms with Crippen molar-refractivity contribution in [1.29, 1.82) is 0 Å². The molecule has 0 saturated carbocycles. The van der Waals surface area contributed by atoms with Crippen LogP contribution in [0.5, 0.6) is 0 Å². The second-order valence-electron chi connectivity index (χ2n) is 3.86. The molecule has 0 aromatic heterocycles. The zero-order chi connectivity index (χ0) is 10.2. The molecule has 0 amide bonds. The number of carbonyl (C=O) groups is 1. The summed E-state index contributed by atoms with van der Waals surface area (Å²) >= 11 is 0. The summed E-state index contributed by atoms with van der Waals surface area (Å²) < 4.78 is 10.2. The van der Waals surface area contributed by atoms with E-state index in [0.29, 0.717) is 0 Å². The van der Waals surface area contributed by atoms with Gasteiger partial charge in [-0.15, -0.1) is 0 Å². The Morgan fingerprint density at radius 1 is 1.21 bits per heavy atom. The van der Waals surface area contributed by atoms with E-state index in [4.69, 9.17) is 9.47 Å². The molecule has 2 rings (SSSR count). The van der Waals surface area contributed by atoms with Crippen LogP contribution in [0.25, 0.3) is 0 Å². The molecule has 0 aliphatic carbocycles. The van der Waals surface area contributed by atoms with Crippen molar-refractivity contribution in [3.05, 3.63) is 35.9 Å². The lowest BCUT2D eigenvalue weighted by Gasteiger charge is -2.21. The maximum atomic E-state index is 11.0. The van der Waals surface area contributed by atoms with Crippen LogP contribution < -0.4 is 0 Å². The first kappa shape index (κ1) is 9.06. The molecule has 74 valence electrons. The molecule has 1 aliphatic rings. The van der Waals surface area contributed by atoms with E-state index in [1.807, 2.05) is 44.2 Å². The molecule has 1 aliphatic heterocycles. The molecule has 1 heterocycles. The van der Waals surface area contributed by atoms with Crippen LogP contribution in [0.1, 0.15) is 25.5 Å². The van der Waals surface area contributed by atoms with Gasteiger partial charge in [-0.3, -0.25) is 0 Å². The monoisotopic (exact) mass is 192 g/mol. The maximum absolute atomic E-state index is 11.0. The topological polar surface area (TPSA) is 35.5 Å². The van der Waals surface area contributed by atoms with Crippen molar-refractivity contribution in [1.82, 2.24) is 0 Å². The summed E-state index contributed by atoms with van der Waals surface area (Å²) in [6, 6.07) is 9.60. The van der Waals surface area contributed by atoms with Gasteiger partial charge in [-0.05, 0) is 19.4 Å². The smallest absolute Gasteiger partial charge is 0.424 e. The van der Waals surface area contributed by atoms with Gasteiger partial charge in [-0.2, -0.15) is 0 Å². The third-order valence-corrected chi connectivity index (χ3v) is 2.29. The maximum Gasteiger partial charge on any atom is 0.509 e. The number of benzene rings is 1. The molecular weight excluding hydrogens is 180 g/mol. The average Bonchev–Trinajstić information content (AvgIpc) is 2.41. The standard InChI is InChI=1S/C11H12O3/c1-11(2)9(13-10(12)14-11)8-6-4-3-5-7-8/h3-7,9H,1-2H3. The van der Waals surface area contributed by atoms with Crippen LogP contribution in [0.4, 0.5) is 4.79 Å². The molecule has 1 unspecified atom stereocenters. The van der Waals surface area contributed by atoms with Crippen LogP contribution in [-0.2, 0) is 9.47 Å². The molecule has 1 aromatic carbocycles. The first-order valence-corrected chi connectivity index (χ1v) is 4.54. The highest BCUT2D eigenvalue weighted by Crippen LogP contribution is 2.38. The highest BCUT2D eigenvalue weighted by atomic mass is 16.8. The van der Waals surface area contributed by atoms with Crippen LogP contribution in [0.3, 0.4) is 0 Å². The summed E-state index contributed by atoms with van der Waals surface area (Å²) in [6.45, 7) is 3.69. The Morgan fingerprint density at radius 2 is 1.86 bits per heavy atom. The van der Waals surface area contributed by atoms with Crippen LogP contribution in [-0.4, -0.2) is 11.8 Å². The average molecular weight is 192 g/mol. The Bertz CT molecular complexity index is 343. The van der Waals surface area contributed by atoms with Gasteiger partial charge in [0.05, 0.1) is 0 Å². The molecule has 3 heteroatoms. The molecule has 1 fully saturated rings. The third-order valence-electron chi connectivity index (χ3n) is 2.29. The Kier molecular flexibility index (Phi) is 1.95. The minimum Gasteiger partial charge on any atom is -0.424 e. The molecule has 1 saturated heterocycles. The van der Waals surface area contributed by atoms with Crippen LogP contribution >= 0.6 is 0 Å². The second-order valence-corrected chi connectivity index (χ2v) is 3.86. The zero-order valence-corrected chi connectivity index (χ0v) is 8.19. The van der Waals surface area contributed by atoms with Gasteiger partial charge in [0, 0.05) is 0 Å². The van der Waals surface area contributed by atoms with E-state index in [2.05, 4.69) is 0 Å². The quantitative estimate of drug-likeness (QED) is 0.642. The van der Waals surface area contributed by atoms with Gasteiger partial charge in [0.1, 0.15) is 0 Å². The van der Waals surface area contributed by atoms with E-state index >= 15 is 0 Å². The molecule has 14 heavy (non-hydrogen) atoms. The van der Waals surface area contributed by atoms with Crippen molar-refractivity contribution in [2.75, 3.05) is 0 Å². The lowest BCUT2D eigenvalue weighted by Crippen LogP contribution is -2.26. The fourth-order valence-electron chi connectivity index (χ4n) is 1.63. The van der Waals surface area contributed by atoms with E-state index in [9.17, 15) is 4.79 Å². The Morgan fingerprint density at radius 3 is 2.36 bits per heavy atom. The Hall–Kier alpha value is -1.51. The minimum atomic E-state index is -0.594. The molecule has 0 bridgehead atoms. The van der Waals surface area contributed by atoms with E-state index in [-0.39, 0.29) is 6.10 Å². The van der Waals surface area contributed by atoms with E-state index in [0.717, 1.165) is 5.56 Å². The van der Waals surface area contributed by atoms with Gasteiger partial charge in [-0.1, -0.05) is 30.3 Å². The minimum absolute atomic E-state index is 0.309.